The molecule has 1 aliphatic rings. The van der Waals surface area contributed by atoms with Crippen LogP contribution in [0.25, 0.3) is 0 Å². The van der Waals surface area contributed by atoms with E-state index in [-0.39, 0.29) is 17.9 Å². The molecule has 5 nitrogen and oxygen atoms in total. The molecule has 8 heteroatoms. The first-order valence-corrected chi connectivity index (χ1v) is 11.5. The summed E-state index contributed by atoms with van der Waals surface area (Å²) in [7, 11) is 0. The van der Waals surface area contributed by atoms with Crippen molar-refractivity contribution in [1.82, 2.24) is 9.88 Å². The summed E-state index contributed by atoms with van der Waals surface area (Å²) in [5.41, 5.74) is 1.27. The van der Waals surface area contributed by atoms with Gasteiger partial charge in [0.25, 0.3) is 11.8 Å². The summed E-state index contributed by atoms with van der Waals surface area (Å²) >= 11 is 9.01. The van der Waals surface area contributed by atoms with Crippen molar-refractivity contribution in [2.45, 2.75) is 32.2 Å². The van der Waals surface area contributed by atoms with Crippen molar-refractivity contribution in [2.24, 2.45) is 0 Å². The van der Waals surface area contributed by atoms with E-state index in [1.54, 1.807) is 41.8 Å². The maximum atomic E-state index is 13.3. The molecule has 29 heavy (non-hydrogen) atoms. The number of thiophene rings is 1. The van der Waals surface area contributed by atoms with Crippen molar-refractivity contribution in [3.63, 3.8) is 0 Å². The first-order valence-electron chi connectivity index (χ1n) is 9.41. The third-order valence-electron chi connectivity index (χ3n) is 4.97. The van der Waals surface area contributed by atoms with Gasteiger partial charge in [-0.05, 0) is 49.9 Å². The van der Waals surface area contributed by atoms with Gasteiger partial charge in [-0.25, -0.2) is 4.98 Å². The van der Waals surface area contributed by atoms with Gasteiger partial charge in [-0.15, -0.1) is 22.7 Å². The highest BCUT2D eigenvalue weighted by Crippen LogP contribution is 2.36. The molecular weight excluding hydrogens is 426 g/mol. The fourth-order valence-corrected chi connectivity index (χ4v) is 5.57. The Bertz CT molecular complexity index is 1030. The third kappa shape index (κ3) is 4.22. The van der Waals surface area contributed by atoms with Crippen molar-refractivity contribution in [1.29, 1.82) is 0 Å². The van der Waals surface area contributed by atoms with E-state index in [9.17, 15) is 9.59 Å². The summed E-state index contributed by atoms with van der Waals surface area (Å²) < 4.78 is 0. The van der Waals surface area contributed by atoms with Gasteiger partial charge in [0.1, 0.15) is 5.01 Å². The molecule has 1 aromatic carbocycles. The van der Waals surface area contributed by atoms with Crippen molar-refractivity contribution in [2.75, 3.05) is 11.9 Å². The van der Waals surface area contributed by atoms with Crippen LogP contribution in [0.5, 0.6) is 0 Å². The molecule has 3 heterocycles. The molecule has 1 fully saturated rings. The maximum absolute atomic E-state index is 13.3. The molecular formula is C21H20ClN3O2S2. The van der Waals surface area contributed by atoms with Gasteiger partial charge in [0.2, 0.25) is 0 Å². The number of nitrogens with one attached hydrogen (secondary N) is 1. The molecule has 150 valence electrons. The van der Waals surface area contributed by atoms with Crippen LogP contribution in [0.1, 0.15) is 55.9 Å². The number of piperidine rings is 1. The number of nitrogens with zero attached hydrogens (tertiary/aromatic N) is 2. The minimum absolute atomic E-state index is 0.00522. The standard InChI is InChI=1S/C21H20ClN3O2S2/c1-13-12-17(24-19(26)14-6-2-3-7-15(14)22)29-18(13)21(27)25-10-5-4-8-16(25)20-23-9-11-28-20/h2-3,6-7,9,11-12,16H,4-5,8,10H2,1H3,(H,24,26). The Kier molecular flexibility index (Phi) is 5.99. The van der Waals surface area contributed by atoms with Gasteiger partial charge < -0.3 is 10.2 Å². The van der Waals surface area contributed by atoms with Gasteiger partial charge >= 0.3 is 0 Å². The van der Waals surface area contributed by atoms with Crippen LogP contribution in [0.3, 0.4) is 0 Å². The highest BCUT2D eigenvalue weighted by Gasteiger charge is 2.32. The number of anilines is 1. The highest BCUT2D eigenvalue weighted by molar-refractivity contribution is 7.18. The van der Waals surface area contributed by atoms with Crippen LogP contribution in [0.2, 0.25) is 5.02 Å². The number of carbonyl (C=O) groups excluding carboxylic acids is 2. The molecule has 2 aromatic heterocycles. The number of amides is 2. The average Bonchev–Trinajstić information content (AvgIpc) is 3.38. The van der Waals surface area contributed by atoms with Crippen LogP contribution in [-0.2, 0) is 0 Å². The van der Waals surface area contributed by atoms with E-state index in [1.165, 1.54) is 11.3 Å². The smallest absolute Gasteiger partial charge is 0.264 e. The molecule has 0 saturated carbocycles. The number of aromatic nitrogens is 1. The fraction of sp³-hybridized carbons (Fsp3) is 0.286. The zero-order valence-electron chi connectivity index (χ0n) is 15.9. The Morgan fingerprint density at radius 1 is 1.28 bits per heavy atom. The number of likely N-dealkylation sites (tertiary alicyclic amines) is 1. The number of aryl methyl sites for hydroxylation is 1. The minimum Gasteiger partial charge on any atom is -0.328 e. The van der Waals surface area contributed by atoms with Crippen LogP contribution >= 0.6 is 34.3 Å². The van der Waals surface area contributed by atoms with Crippen LogP contribution < -0.4 is 5.32 Å². The molecule has 0 bridgehead atoms. The molecule has 1 atom stereocenters. The highest BCUT2D eigenvalue weighted by atomic mass is 35.5. The Balaban J connectivity index is 1.55. The summed E-state index contributed by atoms with van der Waals surface area (Å²) in [4.78, 5) is 32.9. The Morgan fingerprint density at radius 2 is 2.10 bits per heavy atom. The monoisotopic (exact) mass is 445 g/mol. The second kappa shape index (κ2) is 8.65. The topological polar surface area (TPSA) is 62.3 Å². The van der Waals surface area contributed by atoms with Crippen LogP contribution in [0.15, 0.2) is 41.9 Å². The van der Waals surface area contributed by atoms with Crippen molar-refractivity contribution < 1.29 is 9.59 Å². The number of carbonyl (C=O) groups is 2. The molecule has 0 spiro atoms. The summed E-state index contributed by atoms with van der Waals surface area (Å²) in [6.07, 6.45) is 4.81. The molecule has 4 rings (SSSR count). The number of hydrogen-bond acceptors (Lipinski definition) is 5. The van der Waals surface area contributed by atoms with Gasteiger partial charge in [-0.3, -0.25) is 9.59 Å². The molecule has 1 N–H and O–H groups in total. The predicted molar refractivity (Wildman–Crippen MR) is 118 cm³/mol. The molecule has 1 saturated heterocycles. The van der Waals surface area contributed by atoms with Gasteiger partial charge in [0.15, 0.2) is 0 Å². The van der Waals surface area contributed by atoms with E-state index in [4.69, 9.17) is 11.6 Å². The maximum Gasteiger partial charge on any atom is 0.264 e. The molecule has 0 radical (unpaired) electrons. The second-order valence-corrected chi connectivity index (χ2v) is 9.32. The average molecular weight is 446 g/mol. The van der Waals surface area contributed by atoms with E-state index < -0.39 is 0 Å². The van der Waals surface area contributed by atoms with Crippen molar-refractivity contribution >= 4 is 51.1 Å². The zero-order chi connectivity index (χ0) is 20.4. The SMILES string of the molecule is Cc1cc(NC(=O)c2ccccc2Cl)sc1C(=O)N1CCCCC1c1nccs1. The van der Waals surface area contributed by atoms with Gasteiger partial charge in [0.05, 0.1) is 26.5 Å². The van der Waals surface area contributed by atoms with Crippen LogP contribution in [0.4, 0.5) is 5.00 Å². The number of halogens is 1. The molecule has 0 aliphatic carbocycles. The Morgan fingerprint density at radius 3 is 2.86 bits per heavy atom. The lowest BCUT2D eigenvalue weighted by Gasteiger charge is -2.34. The molecule has 2 amide bonds. The first-order chi connectivity index (χ1) is 14.0. The van der Waals surface area contributed by atoms with Gasteiger partial charge in [-0.1, -0.05) is 23.7 Å². The Labute approximate surface area is 182 Å². The summed E-state index contributed by atoms with van der Waals surface area (Å²) in [6.45, 7) is 2.62. The van der Waals surface area contributed by atoms with E-state index in [0.717, 1.165) is 36.4 Å². The number of thiazole rings is 1. The fourth-order valence-electron chi connectivity index (χ4n) is 3.54. The van der Waals surface area contributed by atoms with Crippen LogP contribution in [-0.4, -0.2) is 28.2 Å². The van der Waals surface area contributed by atoms with E-state index in [1.807, 2.05) is 23.3 Å². The van der Waals surface area contributed by atoms with Gasteiger partial charge in [-0.2, -0.15) is 0 Å². The summed E-state index contributed by atoms with van der Waals surface area (Å²) in [5, 5.41) is 6.84. The minimum atomic E-state index is -0.283. The lowest BCUT2D eigenvalue weighted by atomic mass is 10.0. The Hall–Kier alpha value is -2.22. The molecule has 3 aromatic rings. The quantitative estimate of drug-likeness (QED) is 0.553. The second-order valence-electron chi connectivity index (χ2n) is 6.94. The van der Waals surface area contributed by atoms with Crippen molar-refractivity contribution in [3.8, 4) is 0 Å². The first kappa shape index (κ1) is 20.1. The number of rotatable bonds is 4. The summed E-state index contributed by atoms with van der Waals surface area (Å²) in [6, 6.07) is 8.78. The van der Waals surface area contributed by atoms with E-state index in [2.05, 4.69) is 10.3 Å². The third-order valence-corrected chi connectivity index (χ3v) is 7.31. The number of benzene rings is 1. The van der Waals surface area contributed by atoms with Crippen molar-refractivity contribution in [3.05, 3.63) is 67.9 Å². The lowest BCUT2D eigenvalue weighted by molar-refractivity contribution is 0.0615. The lowest BCUT2D eigenvalue weighted by Crippen LogP contribution is -2.38. The predicted octanol–water partition coefficient (Wildman–Crippen LogP) is 5.79. The van der Waals surface area contributed by atoms with E-state index >= 15 is 0 Å². The normalized spacial score (nSPS) is 16.6. The summed E-state index contributed by atoms with van der Waals surface area (Å²) in [5.74, 6) is -0.278. The zero-order valence-corrected chi connectivity index (χ0v) is 18.2. The molecule has 1 unspecified atom stereocenters. The molecule has 1 aliphatic heterocycles. The largest absolute Gasteiger partial charge is 0.328 e. The van der Waals surface area contributed by atoms with E-state index in [0.29, 0.717) is 20.5 Å². The van der Waals surface area contributed by atoms with Crippen LogP contribution in [0, 0.1) is 6.92 Å². The van der Waals surface area contributed by atoms with Gasteiger partial charge in [0, 0.05) is 18.1 Å². The number of hydrogen-bond donors (Lipinski definition) is 1.